The third kappa shape index (κ3) is 21.0. The molecule has 0 spiro atoms. The number of hydrogen-bond donors (Lipinski definition) is 0. The van der Waals surface area contributed by atoms with Crippen molar-refractivity contribution in [2.45, 2.75) is 90.4 Å². The summed E-state index contributed by atoms with van der Waals surface area (Å²) in [6.07, 6.45) is 24.0. The van der Waals surface area contributed by atoms with Crippen molar-refractivity contribution in [1.29, 1.82) is 0 Å². The molecule has 3 heteroatoms. The van der Waals surface area contributed by atoms with Crippen molar-refractivity contribution in [2.24, 2.45) is 0 Å². The molecule has 0 atom stereocenters. The number of rotatable bonds is 18. The van der Waals surface area contributed by atoms with Gasteiger partial charge < -0.3 is 9.64 Å². The topological polar surface area (TPSA) is 29.5 Å². The van der Waals surface area contributed by atoms with Gasteiger partial charge in [0.25, 0.3) is 0 Å². The van der Waals surface area contributed by atoms with Crippen LogP contribution in [0.3, 0.4) is 0 Å². The van der Waals surface area contributed by atoms with E-state index in [4.69, 9.17) is 4.74 Å². The molecule has 3 nitrogen and oxygen atoms in total. The third-order valence-corrected chi connectivity index (χ3v) is 4.34. The molecular weight excluding hydrogens is 322 g/mol. The largest absolute Gasteiger partial charge is 0.466 e. The summed E-state index contributed by atoms with van der Waals surface area (Å²) in [7, 11) is 4.06. The molecule has 0 amide bonds. The Kier molecular flexibility index (Phi) is 19.4. The zero-order chi connectivity index (χ0) is 19.3. The Labute approximate surface area is 162 Å². The zero-order valence-corrected chi connectivity index (χ0v) is 17.7. The Balaban J connectivity index is 3.27. The lowest BCUT2D eigenvalue weighted by Crippen LogP contribution is -2.16. The molecular formula is C23H43NO2. The van der Waals surface area contributed by atoms with Gasteiger partial charge in [-0.25, -0.2) is 0 Å². The van der Waals surface area contributed by atoms with Crippen molar-refractivity contribution < 1.29 is 9.53 Å². The lowest BCUT2D eigenvalue weighted by atomic mass is 10.1. The molecule has 0 radical (unpaired) electrons. The fourth-order valence-corrected chi connectivity index (χ4v) is 2.72. The fraction of sp³-hybridized carbons (Fsp3) is 0.783. The fourth-order valence-electron chi connectivity index (χ4n) is 2.72. The molecule has 0 saturated carbocycles. The summed E-state index contributed by atoms with van der Waals surface area (Å²) in [6.45, 7) is 3.77. The highest BCUT2D eigenvalue weighted by atomic mass is 16.5. The molecule has 26 heavy (non-hydrogen) atoms. The molecule has 0 bridgehead atoms. The molecule has 0 aromatic heterocycles. The predicted octanol–water partition coefficient (Wildman–Crippen LogP) is 6.29. The quantitative estimate of drug-likeness (QED) is 0.162. The van der Waals surface area contributed by atoms with E-state index in [2.05, 4.69) is 36.1 Å². The van der Waals surface area contributed by atoms with Crippen LogP contribution >= 0.6 is 0 Å². The van der Waals surface area contributed by atoms with Crippen LogP contribution in [0.4, 0.5) is 0 Å². The number of carbonyl (C=O) groups is 1. The van der Waals surface area contributed by atoms with Gasteiger partial charge in [-0.15, -0.1) is 0 Å². The van der Waals surface area contributed by atoms with E-state index in [9.17, 15) is 4.79 Å². The number of carbonyl (C=O) groups excluding carboxylic acids is 1. The van der Waals surface area contributed by atoms with Crippen LogP contribution in [0, 0.1) is 0 Å². The molecule has 0 aliphatic heterocycles. The van der Waals surface area contributed by atoms with Gasteiger partial charge in [-0.3, -0.25) is 4.79 Å². The van der Waals surface area contributed by atoms with Crippen molar-refractivity contribution >= 4 is 5.97 Å². The molecule has 152 valence electrons. The second-order valence-electron chi connectivity index (χ2n) is 7.36. The lowest BCUT2D eigenvalue weighted by molar-refractivity contribution is -0.143. The van der Waals surface area contributed by atoms with Crippen LogP contribution in [0.1, 0.15) is 90.4 Å². The number of unbranched alkanes of at least 4 members (excludes halogenated alkanes) is 8. The first-order valence-corrected chi connectivity index (χ1v) is 10.8. The first-order chi connectivity index (χ1) is 12.7. The van der Waals surface area contributed by atoms with Crippen molar-refractivity contribution in [3.05, 3.63) is 24.3 Å². The maximum absolute atomic E-state index is 11.6. The average Bonchev–Trinajstić information content (AvgIpc) is 2.62. The third-order valence-electron chi connectivity index (χ3n) is 4.34. The van der Waals surface area contributed by atoms with E-state index in [0.717, 1.165) is 32.2 Å². The van der Waals surface area contributed by atoms with Gasteiger partial charge in [0.05, 0.1) is 6.61 Å². The molecule has 0 aliphatic rings. The molecule has 0 unspecified atom stereocenters. The van der Waals surface area contributed by atoms with E-state index in [1.807, 2.05) is 14.1 Å². The van der Waals surface area contributed by atoms with Gasteiger partial charge in [-0.05, 0) is 59.0 Å². The van der Waals surface area contributed by atoms with Gasteiger partial charge in [0.1, 0.15) is 0 Å². The number of esters is 1. The predicted molar refractivity (Wildman–Crippen MR) is 113 cm³/mol. The highest BCUT2D eigenvalue weighted by Gasteiger charge is 2.02. The Morgan fingerprint density at radius 2 is 1.42 bits per heavy atom. The van der Waals surface area contributed by atoms with Gasteiger partial charge in [-0.2, -0.15) is 0 Å². The van der Waals surface area contributed by atoms with E-state index in [1.54, 1.807) is 0 Å². The van der Waals surface area contributed by atoms with Crippen LogP contribution in [0.5, 0.6) is 0 Å². The van der Waals surface area contributed by atoms with E-state index < -0.39 is 0 Å². The second kappa shape index (κ2) is 20.2. The lowest BCUT2D eigenvalue weighted by Gasteiger charge is -2.09. The van der Waals surface area contributed by atoms with Crippen LogP contribution in [0.2, 0.25) is 0 Å². The molecule has 0 N–H and O–H groups in total. The normalized spacial score (nSPS) is 11.8. The highest BCUT2D eigenvalue weighted by Crippen LogP contribution is 2.08. The minimum absolute atomic E-state index is 0.0329. The van der Waals surface area contributed by atoms with Crippen molar-refractivity contribution in [3.8, 4) is 0 Å². The molecule has 0 fully saturated rings. The molecule has 0 rings (SSSR count). The SMILES string of the molecule is CCCCC/C=C\C/C=C\CCCCCCCC(=O)OCCCN(C)C. The van der Waals surface area contributed by atoms with E-state index in [-0.39, 0.29) is 5.97 Å². The maximum Gasteiger partial charge on any atom is 0.305 e. The van der Waals surface area contributed by atoms with E-state index in [1.165, 1.54) is 51.4 Å². The summed E-state index contributed by atoms with van der Waals surface area (Å²) in [5.74, 6) is -0.0329. The van der Waals surface area contributed by atoms with Gasteiger partial charge >= 0.3 is 5.97 Å². The highest BCUT2D eigenvalue weighted by molar-refractivity contribution is 5.69. The first-order valence-electron chi connectivity index (χ1n) is 10.8. The molecule has 0 aromatic rings. The summed E-state index contributed by atoms with van der Waals surface area (Å²) in [4.78, 5) is 13.7. The van der Waals surface area contributed by atoms with Gasteiger partial charge in [-0.1, -0.05) is 63.3 Å². The molecule has 0 heterocycles. The second-order valence-corrected chi connectivity index (χ2v) is 7.36. The number of hydrogen-bond acceptors (Lipinski definition) is 3. The van der Waals surface area contributed by atoms with Gasteiger partial charge in [0.15, 0.2) is 0 Å². The summed E-state index contributed by atoms with van der Waals surface area (Å²) < 4.78 is 5.23. The minimum atomic E-state index is -0.0329. The van der Waals surface area contributed by atoms with Crippen LogP contribution in [-0.4, -0.2) is 38.1 Å². The zero-order valence-electron chi connectivity index (χ0n) is 17.7. The summed E-state index contributed by atoms with van der Waals surface area (Å²) in [6, 6.07) is 0. The average molecular weight is 366 g/mol. The number of allylic oxidation sites excluding steroid dienone is 4. The minimum Gasteiger partial charge on any atom is -0.466 e. The van der Waals surface area contributed by atoms with Crippen LogP contribution in [0.25, 0.3) is 0 Å². The monoisotopic (exact) mass is 365 g/mol. The number of ether oxygens (including phenoxy) is 1. The summed E-state index contributed by atoms with van der Waals surface area (Å²) >= 11 is 0. The Hall–Kier alpha value is -1.09. The smallest absolute Gasteiger partial charge is 0.305 e. The molecule has 0 saturated heterocycles. The first kappa shape index (κ1) is 24.9. The Morgan fingerprint density at radius 3 is 2.08 bits per heavy atom. The summed E-state index contributed by atoms with van der Waals surface area (Å²) in [5.41, 5.74) is 0. The number of nitrogens with zero attached hydrogens (tertiary/aromatic N) is 1. The molecule has 0 aromatic carbocycles. The maximum atomic E-state index is 11.6. The Morgan fingerprint density at radius 1 is 0.808 bits per heavy atom. The van der Waals surface area contributed by atoms with E-state index >= 15 is 0 Å². The molecule has 0 aliphatic carbocycles. The standard InChI is InChI=1S/C23H43NO2/c1-4-5-6-7-8-9-10-11-12-13-14-15-16-17-18-20-23(25)26-22-19-21-24(2)3/h8-9,11-12H,4-7,10,13-22H2,1-3H3/b9-8-,12-11-. The van der Waals surface area contributed by atoms with Gasteiger partial charge in [0.2, 0.25) is 0 Å². The van der Waals surface area contributed by atoms with Crippen LogP contribution in [0.15, 0.2) is 24.3 Å². The van der Waals surface area contributed by atoms with Crippen molar-refractivity contribution in [1.82, 2.24) is 4.90 Å². The van der Waals surface area contributed by atoms with Crippen LogP contribution < -0.4 is 0 Å². The van der Waals surface area contributed by atoms with E-state index in [0.29, 0.717) is 13.0 Å². The summed E-state index contributed by atoms with van der Waals surface area (Å²) in [5, 5.41) is 0. The van der Waals surface area contributed by atoms with Crippen molar-refractivity contribution in [3.63, 3.8) is 0 Å². The van der Waals surface area contributed by atoms with Gasteiger partial charge in [0, 0.05) is 13.0 Å². The Bertz CT molecular complexity index is 361. The van der Waals surface area contributed by atoms with Crippen LogP contribution in [-0.2, 0) is 9.53 Å². The van der Waals surface area contributed by atoms with Crippen molar-refractivity contribution in [2.75, 3.05) is 27.2 Å².